The zero-order valence-corrected chi connectivity index (χ0v) is 20.2. The average molecular weight is 490 g/mol. The molecule has 1 rings (SSSR count). The second-order valence-electron chi connectivity index (χ2n) is 6.00. The van der Waals surface area contributed by atoms with E-state index in [-0.39, 0.29) is 49.2 Å². The van der Waals surface area contributed by atoms with E-state index in [1.807, 2.05) is 0 Å². The fraction of sp³-hybridized carbons (Fsp3) is 0.500. The van der Waals surface area contributed by atoms with Crippen LogP contribution in [0.25, 0.3) is 0 Å². The quantitative estimate of drug-likeness (QED) is 0.129. The Morgan fingerprint density at radius 3 is 2.25 bits per heavy atom. The summed E-state index contributed by atoms with van der Waals surface area (Å²) in [4.78, 5) is 12.2. The van der Waals surface area contributed by atoms with Gasteiger partial charge in [0, 0.05) is 19.8 Å². The van der Waals surface area contributed by atoms with Gasteiger partial charge in [0.1, 0.15) is 11.9 Å². The number of rotatable bonds is 15. The molecule has 0 saturated heterocycles. The molecule has 0 saturated carbocycles. The smallest absolute Gasteiger partial charge is 0.357 e. The molecule has 0 amide bonds. The molecule has 1 aromatic rings. The SMILES string of the molecule is CCOC(=O)/C(C#N)=C(\NC(c1ccccc1F)P(=O)(OCCOC)OCCOC)SC. The lowest BCUT2D eigenvalue weighted by molar-refractivity contribution is -0.138. The lowest BCUT2D eigenvalue weighted by atomic mass is 10.2. The van der Waals surface area contributed by atoms with Crippen LogP contribution in [0.1, 0.15) is 18.3 Å². The normalized spacial score (nSPS) is 13.1. The van der Waals surface area contributed by atoms with E-state index < -0.39 is 25.2 Å². The van der Waals surface area contributed by atoms with Gasteiger partial charge >= 0.3 is 13.6 Å². The van der Waals surface area contributed by atoms with Crippen molar-refractivity contribution < 1.29 is 37.0 Å². The molecule has 0 aliphatic heterocycles. The summed E-state index contributed by atoms with van der Waals surface area (Å²) in [6.45, 7) is 1.67. The zero-order chi connectivity index (χ0) is 24.0. The highest BCUT2D eigenvalue weighted by molar-refractivity contribution is 8.02. The minimum Gasteiger partial charge on any atom is -0.462 e. The van der Waals surface area contributed by atoms with Crippen LogP contribution < -0.4 is 5.32 Å². The molecule has 0 aromatic heterocycles. The minimum absolute atomic E-state index is 0.0293. The number of nitrogens with zero attached hydrogens (tertiary/aromatic N) is 1. The molecular formula is C20H28FN2O7PS. The van der Waals surface area contributed by atoms with Crippen LogP contribution in [0.5, 0.6) is 0 Å². The van der Waals surface area contributed by atoms with Gasteiger partial charge in [-0.1, -0.05) is 18.2 Å². The van der Waals surface area contributed by atoms with E-state index in [0.29, 0.717) is 0 Å². The van der Waals surface area contributed by atoms with Gasteiger partial charge in [-0.25, -0.2) is 9.18 Å². The molecule has 1 atom stereocenters. The second-order valence-corrected chi connectivity index (χ2v) is 8.93. The van der Waals surface area contributed by atoms with Gasteiger partial charge < -0.3 is 28.6 Å². The molecule has 0 heterocycles. The average Bonchev–Trinajstić information content (AvgIpc) is 2.77. The molecule has 0 aliphatic rings. The fourth-order valence-electron chi connectivity index (χ4n) is 2.46. The van der Waals surface area contributed by atoms with Gasteiger partial charge in [-0.2, -0.15) is 5.26 Å². The van der Waals surface area contributed by atoms with Gasteiger partial charge in [0.15, 0.2) is 11.4 Å². The Morgan fingerprint density at radius 2 is 1.78 bits per heavy atom. The topological polar surface area (TPSA) is 116 Å². The lowest BCUT2D eigenvalue weighted by Crippen LogP contribution is -2.26. The second kappa shape index (κ2) is 15.0. The van der Waals surface area contributed by atoms with Crippen LogP contribution in [0.15, 0.2) is 34.9 Å². The van der Waals surface area contributed by atoms with Crippen LogP contribution >= 0.6 is 19.4 Å². The first kappa shape index (κ1) is 28.1. The maximum atomic E-state index is 14.8. The van der Waals surface area contributed by atoms with E-state index in [1.165, 1.54) is 32.4 Å². The van der Waals surface area contributed by atoms with Gasteiger partial charge in [0.25, 0.3) is 0 Å². The predicted molar refractivity (Wildman–Crippen MR) is 118 cm³/mol. The third-order valence-electron chi connectivity index (χ3n) is 3.92. The number of benzene rings is 1. The van der Waals surface area contributed by atoms with E-state index in [1.54, 1.807) is 25.3 Å². The molecule has 12 heteroatoms. The maximum Gasteiger partial charge on any atom is 0.357 e. The number of nitriles is 1. The molecule has 0 radical (unpaired) electrons. The Balaban J connectivity index is 3.54. The van der Waals surface area contributed by atoms with Crippen molar-refractivity contribution in [3.8, 4) is 6.07 Å². The van der Waals surface area contributed by atoms with Gasteiger partial charge in [-0.15, -0.1) is 11.8 Å². The van der Waals surface area contributed by atoms with Crippen molar-refractivity contribution in [3.63, 3.8) is 0 Å². The van der Waals surface area contributed by atoms with Crippen molar-refractivity contribution in [2.24, 2.45) is 0 Å². The summed E-state index contributed by atoms with van der Waals surface area (Å²) in [6, 6.07) is 7.42. The first-order valence-corrected chi connectivity index (χ1v) is 12.4. The Kier molecular flexibility index (Phi) is 13.2. The molecule has 1 aromatic carbocycles. The number of methoxy groups -OCH3 is 2. The summed E-state index contributed by atoms with van der Waals surface area (Å²) < 4.78 is 54.5. The van der Waals surface area contributed by atoms with Crippen molar-refractivity contribution in [2.45, 2.75) is 12.7 Å². The van der Waals surface area contributed by atoms with Crippen molar-refractivity contribution in [1.82, 2.24) is 5.32 Å². The fourth-order valence-corrected chi connectivity index (χ4v) is 4.98. The molecule has 0 aliphatic carbocycles. The zero-order valence-electron chi connectivity index (χ0n) is 18.5. The number of carbonyl (C=O) groups is 1. The Labute approximate surface area is 191 Å². The number of nitrogens with one attached hydrogen (secondary N) is 1. The van der Waals surface area contributed by atoms with Gasteiger partial charge in [0.2, 0.25) is 0 Å². The molecule has 1 N–H and O–H groups in total. The van der Waals surface area contributed by atoms with Crippen LogP contribution in [-0.4, -0.2) is 59.5 Å². The summed E-state index contributed by atoms with van der Waals surface area (Å²) in [7, 11) is -1.23. The summed E-state index contributed by atoms with van der Waals surface area (Å²) in [5.74, 6) is -2.92. The first-order valence-electron chi connectivity index (χ1n) is 9.61. The van der Waals surface area contributed by atoms with Crippen LogP contribution in [0.4, 0.5) is 4.39 Å². The summed E-state index contributed by atoms with van der Waals surface area (Å²) in [5, 5.41) is 12.4. The molecule has 178 valence electrons. The monoisotopic (exact) mass is 490 g/mol. The minimum atomic E-state index is -4.12. The summed E-state index contributed by atoms with van der Waals surface area (Å²) >= 11 is 1.000. The molecule has 0 spiro atoms. The summed E-state index contributed by atoms with van der Waals surface area (Å²) in [6.07, 6.45) is 1.60. The Hall–Kier alpha value is -1.93. The molecule has 0 fully saturated rings. The lowest BCUT2D eigenvalue weighted by Gasteiger charge is -2.29. The largest absolute Gasteiger partial charge is 0.462 e. The number of hydrogen-bond acceptors (Lipinski definition) is 10. The third-order valence-corrected chi connectivity index (χ3v) is 6.78. The highest BCUT2D eigenvalue weighted by Gasteiger charge is 2.40. The van der Waals surface area contributed by atoms with E-state index in [4.69, 9.17) is 23.3 Å². The third kappa shape index (κ3) is 8.20. The van der Waals surface area contributed by atoms with Crippen molar-refractivity contribution in [2.75, 3.05) is 53.5 Å². The van der Waals surface area contributed by atoms with Crippen LogP contribution in [-0.2, 0) is 32.6 Å². The van der Waals surface area contributed by atoms with Crippen LogP contribution in [0.3, 0.4) is 0 Å². The Morgan fingerprint density at radius 1 is 1.19 bits per heavy atom. The molecule has 9 nitrogen and oxygen atoms in total. The summed E-state index contributed by atoms with van der Waals surface area (Å²) in [5.41, 5.74) is -0.376. The van der Waals surface area contributed by atoms with Crippen molar-refractivity contribution >= 4 is 25.3 Å². The highest BCUT2D eigenvalue weighted by Crippen LogP contribution is 2.60. The molecule has 32 heavy (non-hydrogen) atoms. The van der Waals surface area contributed by atoms with Crippen molar-refractivity contribution in [3.05, 3.63) is 46.2 Å². The number of carbonyl (C=O) groups excluding carboxylic acids is 1. The van der Waals surface area contributed by atoms with E-state index >= 15 is 0 Å². The van der Waals surface area contributed by atoms with Crippen LogP contribution in [0, 0.1) is 17.1 Å². The van der Waals surface area contributed by atoms with Crippen LogP contribution in [0.2, 0.25) is 0 Å². The number of ether oxygens (including phenoxy) is 3. The standard InChI is InChI=1S/C20H28FN2O7PS/c1-5-28-20(24)16(14-22)19(32-4)23-18(15-8-6-7-9-17(15)21)31(25,29-12-10-26-2)30-13-11-27-3/h6-9,18,23H,5,10-13H2,1-4H3/b19-16+. The Bertz CT molecular complexity index is 849. The number of esters is 1. The number of thioether (sulfide) groups is 1. The van der Waals surface area contributed by atoms with Crippen molar-refractivity contribution in [1.29, 1.82) is 5.26 Å². The molecule has 1 unspecified atom stereocenters. The van der Waals surface area contributed by atoms with Gasteiger partial charge in [-0.3, -0.25) is 4.57 Å². The highest BCUT2D eigenvalue weighted by atomic mass is 32.2. The maximum absolute atomic E-state index is 14.8. The van der Waals surface area contributed by atoms with E-state index in [0.717, 1.165) is 11.8 Å². The number of halogens is 1. The molecular weight excluding hydrogens is 462 g/mol. The predicted octanol–water partition coefficient (Wildman–Crippen LogP) is 3.59. The van der Waals surface area contributed by atoms with Gasteiger partial charge in [0.05, 0.1) is 38.1 Å². The number of hydrogen-bond donors (Lipinski definition) is 1. The first-order chi connectivity index (χ1) is 15.4. The van der Waals surface area contributed by atoms with Gasteiger partial charge in [-0.05, 0) is 19.2 Å². The van der Waals surface area contributed by atoms with E-state index in [2.05, 4.69) is 5.32 Å². The molecule has 0 bridgehead atoms. The van der Waals surface area contributed by atoms with E-state index in [9.17, 15) is 19.0 Å².